The highest BCUT2D eigenvalue weighted by Crippen LogP contribution is 2.25. The summed E-state index contributed by atoms with van der Waals surface area (Å²) in [4.78, 5) is 34.0. The SMILES string of the molecule is COC(=O)c1cc(NC(=O)CSc2nnc(-c3ccc([N+](=O)[O-])cc3)o2)ccc1Cl. The quantitative estimate of drug-likeness (QED) is 0.247. The molecule has 1 aromatic heterocycles. The Morgan fingerprint density at radius 1 is 1.23 bits per heavy atom. The highest BCUT2D eigenvalue weighted by Gasteiger charge is 2.15. The van der Waals surface area contributed by atoms with Crippen molar-refractivity contribution in [3.63, 3.8) is 0 Å². The van der Waals surface area contributed by atoms with Crippen LogP contribution in [-0.2, 0) is 9.53 Å². The minimum Gasteiger partial charge on any atom is -0.465 e. The lowest BCUT2D eigenvalue weighted by atomic mass is 10.2. The zero-order valence-electron chi connectivity index (χ0n) is 15.3. The van der Waals surface area contributed by atoms with Crippen LogP contribution >= 0.6 is 23.4 Å². The Labute approximate surface area is 178 Å². The maximum absolute atomic E-state index is 12.2. The van der Waals surface area contributed by atoms with Gasteiger partial charge in [-0.3, -0.25) is 14.9 Å². The van der Waals surface area contributed by atoms with Crippen molar-refractivity contribution in [2.24, 2.45) is 0 Å². The molecule has 1 amide bonds. The van der Waals surface area contributed by atoms with Crippen LogP contribution in [0, 0.1) is 10.1 Å². The summed E-state index contributed by atoms with van der Waals surface area (Å²) >= 11 is 6.96. The predicted octanol–water partition coefficient (Wildman–Crippen LogP) is 3.82. The highest BCUT2D eigenvalue weighted by atomic mass is 35.5. The molecule has 3 aromatic rings. The molecule has 30 heavy (non-hydrogen) atoms. The molecule has 0 aliphatic heterocycles. The van der Waals surface area contributed by atoms with Crippen LogP contribution in [0.3, 0.4) is 0 Å². The summed E-state index contributed by atoms with van der Waals surface area (Å²) in [6.07, 6.45) is 0. The summed E-state index contributed by atoms with van der Waals surface area (Å²) in [7, 11) is 1.23. The maximum atomic E-state index is 12.2. The summed E-state index contributed by atoms with van der Waals surface area (Å²) in [5.41, 5.74) is 0.972. The van der Waals surface area contributed by atoms with Crippen molar-refractivity contribution in [1.82, 2.24) is 10.2 Å². The first-order valence-corrected chi connectivity index (χ1v) is 9.62. The second-order valence-electron chi connectivity index (χ2n) is 5.70. The second-order valence-corrected chi connectivity index (χ2v) is 7.03. The van der Waals surface area contributed by atoms with Gasteiger partial charge in [0.25, 0.3) is 10.9 Å². The number of anilines is 1. The summed E-state index contributed by atoms with van der Waals surface area (Å²) in [5.74, 6) is -0.838. The third-order valence-corrected chi connectivity index (χ3v) is 4.86. The number of benzene rings is 2. The van der Waals surface area contributed by atoms with Crippen LogP contribution in [0.1, 0.15) is 10.4 Å². The van der Waals surface area contributed by atoms with Crippen molar-refractivity contribution in [3.8, 4) is 11.5 Å². The Balaban J connectivity index is 1.59. The van der Waals surface area contributed by atoms with Crippen molar-refractivity contribution in [2.75, 3.05) is 18.2 Å². The lowest BCUT2D eigenvalue weighted by Gasteiger charge is -2.07. The van der Waals surface area contributed by atoms with Crippen molar-refractivity contribution in [2.45, 2.75) is 5.22 Å². The number of ether oxygens (including phenoxy) is 1. The van der Waals surface area contributed by atoms with Gasteiger partial charge < -0.3 is 14.5 Å². The number of esters is 1. The number of amides is 1. The summed E-state index contributed by atoms with van der Waals surface area (Å²) < 4.78 is 10.1. The van der Waals surface area contributed by atoms with Crippen molar-refractivity contribution in [1.29, 1.82) is 0 Å². The molecule has 0 aliphatic carbocycles. The van der Waals surface area contributed by atoms with Gasteiger partial charge in [-0.05, 0) is 30.3 Å². The van der Waals surface area contributed by atoms with Gasteiger partial charge in [-0.15, -0.1) is 10.2 Å². The third-order valence-electron chi connectivity index (χ3n) is 3.71. The summed E-state index contributed by atoms with van der Waals surface area (Å²) in [5, 5.41) is 21.4. The number of aromatic nitrogens is 2. The van der Waals surface area contributed by atoms with Gasteiger partial charge in [-0.25, -0.2) is 4.79 Å². The Morgan fingerprint density at radius 3 is 2.63 bits per heavy atom. The van der Waals surface area contributed by atoms with E-state index in [2.05, 4.69) is 20.3 Å². The molecule has 0 radical (unpaired) electrons. The van der Waals surface area contributed by atoms with E-state index in [-0.39, 0.29) is 39.0 Å². The number of methoxy groups -OCH3 is 1. The number of nitro benzene ring substituents is 1. The molecule has 0 unspecified atom stereocenters. The van der Waals surface area contributed by atoms with Gasteiger partial charge in [0.05, 0.1) is 28.4 Å². The molecule has 2 aromatic carbocycles. The van der Waals surface area contributed by atoms with E-state index in [1.54, 1.807) is 6.07 Å². The first kappa shape index (κ1) is 21.3. The number of hydrogen-bond acceptors (Lipinski definition) is 9. The van der Waals surface area contributed by atoms with Gasteiger partial charge in [0, 0.05) is 23.4 Å². The van der Waals surface area contributed by atoms with E-state index in [0.29, 0.717) is 11.3 Å². The van der Waals surface area contributed by atoms with Crippen LogP contribution in [0.2, 0.25) is 5.02 Å². The number of carbonyl (C=O) groups is 2. The average molecular weight is 449 g/mol. The van der Waals surface area contributed by atoms with Crippen LogP contribution in [0.4, 0.5) is 11.4 Å². The van der Waals surface area contributed by atoms with Gasteiger partial charge >= 0.3 is 5.97 Å². The first-order valence-electron chi connectivity index (χ1n) is 8.26. The van der Waals surface area contributed by atoms with Crippen molar-refractivity contribution in [3.05, 3.63) is 63.2 Å². The standard InChI is InChI=1S/C18H13ClN4O6S/c1-28-17(25)13-8-11(4-7-14(13)19)20-15(24)9-30-18-22-21-16(29-18)10-2-5-12(6-3-10)23(26)27/h2-8H,9H2,1H3,(H,20,24). The van der Waals surface area contributed by atoms with Gasteiger partial charge in [-0.1, -0.05) is 23.4 Å². The molecule has 154 valence electrons. The summed E-state index contributed by atoms with van der Waals surface area (Å²) in [6, 6.07) is 10.1. The monoisotopic (exact) mass is 448 g/mol. The molecule has 10 nitrogen and oxygen atoms in total. The molecular weight excluding hydrogens is 436 g/mol. The molecule has 0 spiro atoms. The second kappa shape index (κ2) is 9.37. The van der Waals surface area contributed by atoms with E-state index in [0.717, 1.165) is 11.8 Å². The van der Waals surface area contributed by atoms with E-state index < -0.39 is 10.9 Å². The highest BCUT2D eigenvalue weighted by molar-refractivity contribution is 7.99. The van der Waals surface area contributed by atoms with E-state index in [1.807, 2.05) is 0 Å². The minimum absolute atomic E-state index is 0.0297. The molecule has 12 heteroatoms. The maximum Gasteiger partial charge on any atom is 0.339 e. The Hall–Kier alpha value is -3.44. The van der Waals surface area contributed by atoms with E-state index >= 15 is 0 Å². The van der Waals surface area contributed by atoms with Crippen LogP contribution in [0.5, 0.6) is 0 Å². The van der Waals surface area contributed by atoms with E-state index in [4.69, 9.17) is 16.0 Å². The molecule has 0 atom stereocenters. The molecule has 0 bridgehead atoms. The number of rotatable bonds is 7. The lowest BCUT2D eigenvalue weighted by Crippen LogP contribution is -2.14. The topological polar surface area (TPSA) is 137 Å². The Bertz CT molecular complexity index is 1100. The van der Waals surface area contributed by atoms with Crippen molar-refractivity contribution < 1.29 is 23.7 Å². The Morgan fingerprint density at radius 2 is 1.97 bits per heavy atom. The number of hydrogen-bond donors (Lipinski definition) is 1. The number of nitrogens with zero attached hydrogens (tertiary/aromatic N) is 3. The van der Waals surface area contributed by atoms with Gasteiger partial charge in [0.15, 0.2) is 0 Å². The number of thioether (sulfide) groups is 1. The molecule has 0 saturated heterocycles. The molecule has 0 fully saturated rings. The minimum atomic E-state index is -0.616. The zero-order chi connectivity index (χ0) is 21.7. The normalized spacial score (nSPS) is 10.5. The molecule has 1 heterocycles. The lowest BCUT2D eigenvalue weighted by molar-refractivity contribution is -0.384. The van der Waals surface area contributed by atoms with Crippen LogP contribution in [0.15, 0.2) is 52.1 Å². The molecule has 0 aliphatic rings. The van der Waals surface area contributed by atoms with E-state index in [1.165, 1.54) is 43.5 Å². The summed E-state index contributed by atoms with van der Waals surface area (Å²) in [6.45, 7) is 0. The first-order chi connectivity index (χ1) is 14.4. The fourth-order valence-corrected chi connectivity index (χ4v) is 3.06. The van der Waals surface area contributed by atoms with Crippen LogP contribution < -0.4 is 5.32 Å². The fraction of sp³-hybridized carbons (Fsp3) is 0.111. The fourth-order valence-electron chi connectivity index (χ4n) is 2.30. The number of carbonyl (C=O) groups excluding carboxylic acids is 2. The largest absolute Gasteiger partial charge is 0.465 e. The number of nitrogens with one attached hydrogen (secondary N) is 1. The van der Waals surface area contributed by atoms with Crippen LogP contribution in [0.25, 0.3) is 11.5 Å². The molecule has 0 saturated carbocycles. The zero-order valence-corrected chi connectivity index (χ0v) is 16.9. The smallest absolute Gasteiger partial charge is 0.339 e. The molecule has 3 rings (SSSR count). The number of non-ortho nitro benzene ring substituents is 1. The van der Waals surface area contributed by atoms with Crippen molar-refractivity contribution >= 4 is 46.6 Å². The van der Waals surface area contributed by atoms with Gasteiger partial charge in [0.2, 0.25) is 11.8 Å². The van der Waals surface area contributed by atoms with Gasteiger partial charge in [-0.2, -0.15) is 0 Å². The Kier molecular flexibility index (Phi) is 6.65. The number of halogens is 1. The number of nitro groups is 1. The predicted molar refractivity (Wildman–Crippen MR) is 109 cm³/mol. The molecular formula is C18H13ClN4O6S. The van der Waals surface area contributed by atoms with Gasteiger partial charge in [0.1, 0.15) is 0 Å². The van der Waals surface area contributed by atoms with E-state index in [9.17, 15) is 19.7 Å². The molecule has 1 N–H and O–H groups in total. The third kappa shape index (κ3) is 5.13. The van der Waals surface area contributed by atoms with Crippen LogP contribution in [-0.4, -0.2) is 39.9 Å². The average Bonchev–Trinajstić information content (AvgIpc) is 3.22.